The van der Waals surface area contributed by atoms with Crippen molar-refractivity contribution in [3.63, 3.8) is 0 Å². The molecule has 0 radical (unpaired) electrons. The number of piperidine rings is 2. The third-order valence-corrected chi connectivity index (χ3v) is 8.49. The number of aromatic hydroxyl groups is 1. The van der Waals surface area contributed by atoms with Gasteiger partial charge in [-0.05, 0) is 73.5 Å². The van der Waals surface area contributed by atoms with E-state index in [1.165, 1.54) is 55.6 Å². The molecule has 0 amide bonds. The number of nitrogens with zero attached hydrogens (tertiary/aromatic N) is 1. The van der Waals surface area contributed by atoms with Crippen molar-refractivity contribution in [3.05, 3.63) is 89.5 Å². The smallest absolute Gasteiger partial charge is 0.126 e. The van der Waals surface area contributed by atoms with Crippen molar-refractivity contribution in [2.24, 2.45) is 5.41 Å². The fourth-order valence-electron chi connectivity index (χ4n) is 6.39. The van der Waals surface area contributed by atoms with E-state index in [0.29, 0.717) is 12.0 Å². The van der Waals surface area contributed by atoms with Crippen molar-refractivity contribution >= 4 is 5.69 Å². The van der Waals surface area contributed by atoms with Crippen LogP contribution in [0.2, 0.25) is 0 Å². The van der Waals surface area contributed by atoms with Crippen LogP contribution in [0.5, 0.6) is 11.5 Å². The summed E-state index contributed by atoms with van der Waals surface area (Å²) in [7, 11) is 0. The van der Waals surface area contributed by atoms with Crippen LogP contribution in [0.25, 0.3) is 0 Å². The molecule has 176 valence electrons. The van der Waals surface area contributed by atoms with Crippen LogP contribution in [-0.2, 0) is 0 Å². The van der Waals surface area contributed by atoms with E-state index in [0.717, 1.165) is 24.4 Å². The minimum Gasteiger partial charge on any atom is -0.508 e. The van der Waals surface area contributed by atoms with Gasteiger partial charge in [0.15, 0.2) is 0 Å². The van der Waals surface area contributed by atoms with E-state index in [1.54, 1.807) is 12.1 Å². The van der Waals surface area contributed by atoms with Gasteiger partial charge in [0.1, 0.15) is 11.5 Å². The number of ether oxygens (including phenoxy) is 1. The van der Waals surface area contributed by atoms with Crippen molar-refractivity contribution in [1.29, 1.82) is 0 Å². The summed E-state index contributed by atoms with van der Waals surface area (Å²) in [5.41, 5.74) is 5.65. The molecule has 6 rings (SSSR count). The first-order valence-corrected chi connectivity index (χ1v) is 12.8. The summed E-state index contributed by atoms with van der Waals surface area (Å²) >= 11 is 0. The van der Waals surface area contributed by atoms with E-state index in [2.05, 4.69) is 64.8 Å². The minimum atomic E-state index is 0.195. The van der Waals surface area contributed by atoms with Gasteiger partial charge in [-0.2, -0.15) is 0 Å². The van der Waals surface area contributed by atoms with Crippen LogP contribution in [0.1, 0.15) is 54.2 Å². The number of rotatable bonds is 3. The van der Waals surface area contributed by atoms with Gasteiger partial charge in [0.25, 0.3) is 0 Å². The Labute approximate surface area is 202 Å². The maximum Gasteiger partial charge on any atom is 0.126 e. The summed E-state index contributed by atoms with van der Waals surface area (Å²) in [6, 6.07) is 25.5. The maximum absolute atomic E-state index is 10.0. The fourth-order valence-corrected chi connectivity index (χ4v) is 6.39. The van der Waals surface area contributed by atoms with Crippen LogP contribution in [0.15, 0.2) is 72.8 Å². The molecule has 2 saturated heterocycles. The summed E-state index contributed by atoms with van der Waals surface area (Å²) in [6.07, 6.45) is 5.28. The minimum absolute atomic E-state index is 0.195. The number of nitrogens with one attached hydrogen (secondary N) is 1. The summed E-state index contributed by atoms with van der Waals surface area (Å²) in [4.78, 5) is 2.57. The summed E-state index contributed by atoms with van der Waals surface area (Å²) in [5.74, 6) is 1.48. The van der Waals surface area contributed by atoms with Crippen LogP contribution in [0.3, 0.4) is 0 Å². The van der Waals surface area contributed by atoms with Gasteiger partial charge in [0.2, 0.25) is 0 Å². The van der Waals surface area contributed by atoms with E-state index >= 15 is 0 Å². The molecule has 0 saturated carbocycles. The highest BCUT2D eigenvalue weighted by atomic mass is 16.5. The summed E-state index contributed by atoms with van der Waals surface area (Å²) in [5, 5.41) is 13.5. The Morgan fingerprint density at radius 2 is 1.56 bits per heavy atom. The lowest BCUT2D eigenvalue weighted by molar-refractivity contribution is 0.155. The molecule has 34 heavy (non-hydrogen) atoms. The molecule has 1 spiro atoms. The van der Waals surface area contributed by atoms with Gasteiger partial charge >= 0.3 is 0 Å². The van der Waals surface area contributed by atoms with Crippen LogP contribution in [0, 0.1) is 5.41 Å². The third kappa shape index (κ3) is 4.05. The first kappa shape index (κ1) is 21.5. The van der Waals surface area contributed by atoms with E-state index in [-0.39, 0.29) is 17.6 Å². The van der Waals surface area contributed by atoms with E-state index in [1.807, 2.05) is 6.07 Å². The van der Waals surface area contributed by atoms with Crippen LogP contribution in [0.4, 0.5) is 5.69 Å². The van der Waals surface area contributed by atoms with Gasteiger partial charge in [0, 0.05) is 42.2 Å². The molecule has 4 heteroatoms. The predicted molar refractivity (Wildman–Crippen MR) is 137 cm³/mol. The van der Waals surface area contributed by atoms with Crippen LogP contribution in [-0.4, -0.2) is 37.9 Å². The first-order valence-electron chi connectivity index (χ1n) is 12.8. The molecule has 0 bridgehead atoms. The number of anilines is 1. The Hall–Kier alpha value is -2.98. The van der Waals surface area contributed by atoms with Gasteiger partial charge in [0.05, 0.1) is 6.61 Å². The molecular formula is C30H34N2O2. The molecule has 3 aromatic rings. The second-order valence-corrected chi connectivity index (χ2v) is 10.4. The fraction of sp³-hybridized carbons (Fsp3) is 0.400. The Kier molecular flexibility index (Phi) is 5.70. The van der Waals surface area contributed by atoms with Gasteiger partial charge in [-0.25, -0.2) is 0 Å². The lowest BCUT2D eigenvalue weighted by Crippen LogP contribution is -2.45. The third-order valence-electron chi connectivity index (χ3n) is 8.49. The number of phenols is 1. The highest BCUT2D eigenvalue weighted by molar-refractivity contribution is 5.54. The van der Waals surface area contributed by atoms with Gasteiger partial charge in [-0.3, -0.25) is 0 Å². The Morgan fingerprint density at radius 3 is 2.29 bits per heavy atom. The average Bonchev–Trinajstić information content (AvgIpc) is 2.89. The number of benzene rings is 3. The normalized spacial score (nSPS) is 23.8. The average molecular weight is 455 g/mol. The van der Waals surface area contributed by atoms with Crippen molar-refractivity contribution in [2.75, 3.05) is 37.7 Å². The quantitative estimate of drug-likeness (QED) is 0.535. The van der Waals surface area contributed by atoms with Gasteiger partial charge in [-0.15, -0.1) is 0 Å². The highest BCUT2D eigenvalue weighted by Gasteiger charge is 2.36. The summed E-state index contributed by atoms with van der Waals surface area (Å²) in [6.45, 7) is 5.29. The van der Waals surface area contributed by atoms with Gasteiger partial charge in [-0.1, -0.05) is 48.5 Å². The van der Waals surface area contributed by atoms with E-state index in [4.69, 9.17) is 4.74 Å². The molecule has 0 aromatic heterocycles. The first-order chi connectivity index (χ1) is 16.7. The monoisotopic (exact) mass is 454 g/mol. The number of hydrogen-bond acceptors (Lipinski definition) is 4. The zero-order chi connectivity index (χ0) is 23.0. The molecule has 4 nitrogen and oxygen atoms in total. The van der Waals surface area contributed by atoms with Crippen molar-refractivity contribution in [2.45, 2.75) is 37.5 Å². The second kappa shape index (κ2) is 8.99. The second-order valence-electron chi connectivity index (χ2n) is 10.4. The Balaban J connectivity index is 1.27. The SMILES string of the molecule is Oc1ccc2c(c1)OC[C@H](c1ccccc1)[C@@H]2c1ccc(N2CCC3(CCNCC3)CC2)cc1. The molecule has 0 aliphatic carbocycles. The maximum atomic E-state index is 10.0. The van der Waals surface area contributed by atoms with E-state index in [9.17, 15) is 5.11 Å². The highest BCUT2D eigenvalue weighted by Crippen LogP contribution is 2.47. The van der Waals surface area contributed by atoms with Crippen LogP contribution < -0.4 is 15.0 Å². The molecule has 2 atom stereocenters. The standard InChI is InChI=1S/C30H34N2O2/c33-25-10-11-26-28(20-25)34-21-27(22-4-2-1-3-5-22)29(26)23-6-8-24(9-7-23)32-18-14-30(15-19-32)12-16-31-17-13-30/h1-11,20,27,29,31,33H,12-19,21H2/t27-,29-/m1/s1. The van der Waals surface area contributed by atoms with Gasteiger partial charge < -0.3 is 20.1 Å². The molecule has 3 aromatic carbocycles. The predicted octanol–water partition coefficient (Wildman–Crippen LogP) is 5.67. The number of phenolic OH excluding ortho intramolecular Hbond substituents is 1. The lowest BCUT2D eigenvalue weighted by atomic mass is 9.71. The number of hydrogen-bond donors (Lipinski definition) is 2. The van der Waals surface area contributed by atoms with Crippen LogP contribution >= 0.6 is 0 Å². The molecule has 2 fully saturated rings. The molecule has 2 N–H and O–H groups in total. The zero-order valence-corrected chi connectivity index (χ0v) is 19.7. The Bertz CT molecular complexity index is 1110. The zero-order valence-electron chi connectivity index (χ0n) is 19.7. The molecule has 3 aliphatic heterocycles. The Morgan fingerprint density at radius 1 is 0.824 bits per heavy atom. The lowest BCUT2D eigenvalue weighted by Gasteiger charge is -2.45. The molecular weight excluding hydrogens is 420 g/mol. The molecule has 3 aliphatic rings. The van der Waals surface area contributed by atoms with Crippen molar-refractivity contribution in [1.82, 2.24) is 5.32 Å². The molecule has 0 unspecified atom stereocenters. The van der Waals surface area contributed by atoms with Crippen molar-refractivity contribution < 1.29 is 9.84 Å². The van der Waals surface area contributed by atoms with E-state index < -0.39 is 0 Å². The topological polar surface area (TPSA) is 44.7 Å². The molecule has 3 heterocycles. The van der Waals surface area contributed by atoms with Crippen molar-refractivity contribution in [3.8, 4) is 11.5 Å². The largest absolute Gasteiger partial charge is 0.508 e. The number of fused-ring (bicyclic) bond motifs is 1. The summed E-state index contributed by atoms with van der Waals surface area (Å²) < 4.78 is 6.12.